The molecule has 0 aromatic carbocycles. The third-order valence-corrected chi connectivity index (χ3v) is 2.83. The summed E-state index contributed by atoms with van der Waals surface area (Å²) >= 11 is 0. The van der Waals surface area contributed by atoms with Crippen molar-refractivity contribution in [2.24, 2.45) is 5.73 Å². The topological polar surface area (TPSA) is 69.3 Å². The Morgan fingerprint density at radius 2 is 2.24 bits per heavy atom. The minimum absolute atomic E-state index is 0.307. The van der Waals surface area contributed by atoms with Gasteiger partial charge in [0.2, 0.25) is 0 Å². The summed E-state index contributed by atoms with van der Waals surface area (Å²) in [6.07, 6.45) is -0.726. The first-order valence-corrected chi connectivity index (χ1v) is 5.84. The lowest BCUT2D eigenvalue weighted by atomic mass is 10.2. The van der Waals surface area contributed by atoms with Crippen LogP contribution in [-0.2, 0) is 17.8 Å². The zero-order chi connectivity index (χ0) is 12.8. The van der Waals surface area contributed by atoms with Gasteiger partial charge in [0, 0.05) is 31.0 Å². The van der Waals surface area contributed by atoms with Crippen LogP contribution in [0.2, 0.25) is 0 Å². The predicted molar refractivity (Wildman–Crippen MR) is 66.8 cm³/mol. The summed E-state index contributed by atoms with van der Waals surface area (Å²) < 4.78 is 6.91. The van der Waals surface area contributed by atoms with Gasteiger partial charge < -0.3 is 20.4 Å². The van der Waals surface area contributed by atoms with Gasteiger partial charge in [-0.15, -0.1) is 0 Å². The van der Waals surface area contributed by atoms with E-state index in [2.05, 4.69) is 41.5 Å². The molecule has 3 N–H and O–H groups in total. The number of nitrogens with two attached hydrogens (primary N) is 1. The first kappa shape index (κ1) is 13.6. The summed E-state index contributed by atoms with van der Waals surface area (Å²) in [5, 5.41) is 3.22. The molecule has 0 unspecified atom stereocenters. The first-order valence-electron chi connectivity index (χ1n) is 5.84. The predicted octanol–water partition coefficient (Wildman–Crippen LogP) is 1.31. The van der Waals surface area contributed by atoms with Crippen molar-refractivity contribution in [1.82, 2.24) is 9.88 Å². The fraction of sp³-hybridized carbons (Fsp3) is 0.583. The van der Waals surface area contributed by atoms with Gasteiger partial charge in [0.1, 0.15) is 6.61 Å². The van der Waals surface area contributed by atoms with Crippen molar-refractivity contribution in [3.8, 4) is 0 Å². The van der Waals surface area contributed by atoms with Crippen LogP contribution < -0.4 is 11.1 Å². The van der Waals surface area contributed by atoms with Crippen molar-refractivity contribution in [3.05, 3.63) is 23.0 Å². The van der Waals surface area contributed by atoms with Crippen LogP contribution in [0.5, 0.6) is 0 Å². The number of nitrogens with zero attached hydrogens (tertiary/aromatic N) is 1. The van der Waals surface area contributed by atoms with Crippen molar-refractivity contribution >= 4 is 6.09 Å². The second-order valence-electron chi connectivity index (χ2n) is 3.98. The molecule has 0 atom stereocenters. The zero-order valence-corrected chi connectivity index (χ0v) is 10.7. The van der Waals surface area contributed by atoms with Crippen molar-refractivity contribution in [3.63, 3.8) is 0 Å². The molecule has 1 aromatic heterocycles. The molecule has 5 nitrogen and oxygen atoms in total. The highest BCUT2D eigenvalue weighted by Gasteiger charge is 2.06. The van der Waals surface area contributed by atoms with Crippen LogP contribution in [-0.4, -0.2) is 23.8 Å². The Labute approximate surface area is 102 Å². The summed E-state index contributed by atoms with van der Waals surface area (Å²) in [5.41, 5.74) is 8.70. The molecule has 5 heteroatoms. The Morgan fingerprint density at radius 1 is 1.53 bits per heavy atom. The summed E-state index contributed by atoms with van der Waals surface area (Å²) in [5.74, 6) is 0. The van der Waals surface area contributed by atoms with E-state index in [1.54, 1.807) is 0 Å². The molecule has 1 aromatic rings. The maximum atomic E-state index is 10.3. The van der Waals surface area contributed by atoms with Crippen LogP contribution in [0.15, 0.2) is 6.07 Å². The molecular formula is C12H21N3O2. The van der Waals surface area contributed by atoms with E-state index in [1.807, 2.05) is 0 Å². The lowest BCUT2D eigenvalue weighted by Crippen LogP contribution is -2.23. The number of aromatic nitrogens is 1. The molecule has 0 saturated heterocycles. The number of amides is 1. The Kier molecular flexibility index (Phi) is 5.03. The molecule has 0 saturated carbocycles. The summed E-state index contributed by atoms with van der Waals surface area (Å²) in [4.78, 5) is 10.3. The van der Waals surface area contributed by atoms with Gasteiger partial charge in [-0.1, -0.05) is 0 Å². The molecule has 1 rings (SSSR count). The van der Waals surface area contributed by atoms with Gasteiger partial charge in [0.25, 0.3) is 0 Å². The number of hydrogen-bond donors (Lipinski definition) is 2. The largest absolute Gasteiger partial charge is 0.448 e. The van der Waals surface area contributed by atoms with E-state index in [-0.39, 0.29) is 0 Å². The first-order chi connectivity index (χ1) is 8.06. The maximum absolute atomic E-state index is 10.3. The molecule has 1 amide bonds. The van der Waals surface area contributed by atoms with Crippen LogP contribution in [0, 0.1) is 13.8 Å². The van der Waals surface area contributed by atoms with Crippen molar-refractivity contribution in [2.45, 2.75) is 33.9 Å². The fourth-order valence-electron chi connectivity index (χ4n) is 1.98. The Balaban J connectivity index is 2.39. The number of primary amides is 1. The van der Waals surface area contributed by atoms with E-state index in [9.17, 15) is 4.79 Å². The average Bonchev–Trinajstić information content (AvgIpc) is 2.53. The van der Waals surface area contributed by atoms with Gasteiger partial charge in [0.15, 0.2) is 0 Å². The van der Waals surface area contributed by atoms with Gasteiger partial charge >= 0.3 is 6.09 Å². The molecule has 0 fully saturated rings. The Morgan fingerprint density at radius 3 is 2.76 bits per heavy atom. The zero-order valence-electron chi connectivity index (χ0n) is 10.7. The van der Waals surface area contributed by atoms with E-state index in [0.717, 1.165) is 13.1 Å². The molecule has 0 aliphatic carbocycles. The van der Waals surface area contributed by atoms with E-state index in [1.165, 1.54) is 17.0 Å². The van der Waals surface area contributed by atoms with E-state index in [0.29, 0.717) is 13.2 Å². The lowest BCUT2D eigenvalue weighted by molar-refractivity contribution is 0.157. The molecular weight excluding hydrogens is 218 g/mol. The van der Waals surface area contributed by atoms with Gasteiger partial charge in [-0.2, -0.15) is 0 Å². The van der Waals surface area contributed by atoms with Gasteiger partial charge in [-0.05, 0) is 32.4 Å². The summed E-state index contributed by atoms with van der Waals surface area (Å²) in [7, 11) is 0. The maximum Gasteiger partial charge on any atom is 0.404 e. The second-order valence-corrected chi connectivity index (χ2v) is 3.98. The normalized spacial score (nSPS) is 10.5. The number of carbonyl (C=O) groups is 1. The monoisotopic (exact) mass is 239 g/mol. The Bertz CT molecular complexity index is 385. The molecule has 0 aliphatic heterocycles. The van der Waals surface area contributed by atoms with E-state index in [4.69, 9.17) is 5.73 Å². The van der Waals surface area contributed by atoms with Crippen molar-refractivity contribution in [2.75, 3.05) is 13.2 Å². The number of aryl methyl sites for hydroxylation is 1. The molecule has 0 radical (unpaired) electrons. The SMILES string of the molecule is CCn1c(C)cc(CNCCOC(N)=O)c1C. The highest BCUT2D eigenvalue weighted by atomic mass is 16.5. The van der Waals surface area contributed by atoms with Crippen LogP contribution in [0.25, 0.3) is 0 Å². The minimum atomic E-state index is -0.726. The Hall–Kier alpha value is -1.49. The fourth-order valence-corrected chi connectivity index (χ4v) is 1.98. The number of carbonyl (C=O) groups excluding carboxylic acids is 1. The smallest absolute Gasteiger partial charge is 0.404 e. The van der Waals surface area contributed by atoms with Crippen molar-refractivity contribution < 1.29 is 9.53 Å². The van der Waals surface area contributed by atoms with E-state index < -0.39 is 6.09 Å². The molecule has 96 valence electrons. The lowest BCUT2D eigenvalue weighted by Gasteiger charge is -2.07. The van der Waals surface area contributed by atoms with Gasteiger partial charge in [-0.3, -0.25) is 0 Å². The highest BCUT2D eigenvalue weighted by Crippen LogP contribution is 2.14. The highest BCUT2D eigenvalue weighted by molar-refractivity contribution is 5.64. The minimum Gasteiger partial charge on any atom is -0.448 e. The van der Waals surface area contributed by atoms with Crippen LogP contribution in [0.1, 0.15) is 23.9 Å². The molecule has 1 heterocycles. The molecule has 0 aliphatic rings. The standard InChI is InChI=1S/C12H21N3O2/c1-4-15-9(2)7-11(10(15)3)8-14-5-6-17-12(13)16/h7,14H,4-6,8H2,1-3H3,(H2,13,16). The third kappa shape index (κ3) is 3.78. The van der Waals surface area contributed by atoms with Gasteiger partial charge in [0.05, 0.1) is 0 Å². The van der Waals surface area contributed by atoms with Crippen LogP contribution >= 0.6 is 0 Å². The van der Waals surface area contributed by atoms with Gasteiger partial charge in [-0.25, -0.2) is 4.79 Å². The van der Waals surface area contributed by atoms with Crippen LogP contribution in [0.3, 0.4) is 0 Å². The number of nitrogens with one attached hydrogen (secondary N) is 1. The second kappa shape index (κ2) is 6.30. The number of rotatable bonds is 6. The van der Waals surface area contributed by atoms with Crippen LogP contribution in [0.4, 0.5) is 4.79 Å². The molecule has 0 bridgehead atoms. The summed E-state index contributed by atoms with van der Waals surface area (Å²) in [6.45, 7) is 9.05. The van der Waals surface area contributed by atoms with E-state index >= 15 is 0 Å². The average molecular weight is 239 g/mol. The molecule has 17 heavy (non-hydrogen) atoms. The number of ether oxygens (including phenoxy) is 1. The summed E-state index contributed by atoms with van der Waals surface area (Å²) in [6, 6.07) is 2.18. The van der Waals surface area contributed by atoms with Crippen molar-refractivity contribution in [1.29, 1.82) is 0 Å². The molecule has 0 spiro atoms. The number of hydrogen-bond acceptors (Lipinski definition) is 3. The quantitative estimate of drug-likeness (QED) is 0.735. The third-order valence-electron chi connectivity index (χ3n) is 2.83.